The molecule has 4 N–H and O–H groups in total. The van der Waals surface area contributed by atoms with Gasteiger partial charge in [0.2, 0.25) is 5.91 Å². The van der Waals surface area contributed by atoms with Gasteiger partial charge in [-0.25, -0.2) is 9.59 Å². The zero-order valence-corrected chi connectivity index (χ0v) is 14.5. The molecule has 2 unspecified atom stereocenters. The molecule has 3 rings (SSSR count). The molecule has 0 aliphatic carbocycles. The van der Waals surface area contributed by atoms with Crippen molar-refractivity contribution in [2.45, 2.75) is 32.0 Å². The Labute approximate surface area is 150 Å². The van der Waals surface area contributed by atoms with Crippen molar-refractivity contribution in [3.05, 3.63) is 41.1 Å². The zero-order valence-electron chi connectivity index (χ0n) is 14.5. The maximum Gasteiger partial charge on any atom is 0.352 e. The van der Waals surface area contributed by atoms with E-state index >= 15 is 0 Å². The van der Waals surface area contributed by atoms with E-state index in [2.05, 4.69) is 10.6 Å². The molecule has 2 aliphatic heterocycles. The molecule has 26 heavy (non-hydrogen) atoms. The van der Waals surface area contributed by atoms with Gasteiger partial charge in [-0.1, -0.05) is 24.3 Å². The van der Waals surface area contributed by atoms with E-state index in [0.29, 0.717) is 18.5 Å². The second kappa shape index (κ2) is 6.80. The molecule has 3 amide bonds. The summed E-state index contributed by atoms with van der Waals surface area (Å²) in [5, 5.41) is 24.5. The molecule has 0 bridgehead atoms. The normalized spacial score (nSPS) is 22.6. The number of carboxylic acid groups (broad SMARTS) is 1. The number of aliphatic carboxylic acids is 1. The number of fused-ring (bicyclic) bond motifs is 1. The molecule has 0 aromatic heterocycles. The number of amides is 3. The first-order valence-corrected chi connectivity index (χ1v) is 8.37. The molecule has 2 heterocycles. The van der Waals surface area contributed by atoms with Crippen molar-refractivity contribution in [2.75, 3.05) is 7.05 Å². The quantitative estimate of drug-likeness (QED) is 0.572. The Morgan fingerprint density at radius 1 is 1.31 bits per heavy atom. The van der Waals surface area contributed by atoms with E-state index in [1.807, 2.05) is 0 Å². The number of carbonyl (C=O) groups excluding carboxylic acids is 2. The Morgan fingerprint density at radius 3 is 2.50 bits per heavy atom. The lowest BCUT2D eigenvalue weighted by molar-refractivity contribution is -0.161. The Kier molecular flexibility index (Phi) is 4.69. The number of aliphatic hydroxyl groups is 1. The van der Waals surface area contributed by atoms with Crippen molar-refractivity contribution in [3.8, 4) is 0 Å². The monoisotopic (exact) mass is 359 g/mol. The average Bonchev–Trinajstić information content (AvgIpc) is 2.95. The minimum absolute atomic E-state index is 0.00636. The molecule has 0 spiro atoms. The van der Waals surface area contributed by atoms with Gasteiger partial charge in [-0.15, -0.1) is 0 Å². The summed E-state index contributed by atoms with van der Waals surface area (Å²) in [5.41, 5.74) is 2.17. The SMILES string of the molecule is CNC(=O)NCc1ccc(C2=C(C(=O)O)N3C(=O)C([C@@H](C)O)C3C2)cc1. The number of carboxylic acids is 1. The van der Waals surface area contributed by atoms with Crippen LogP contribution in [0, 0.1) is 5.92 Å². The fourth-order valence-corrected chi connectivity index (χ4v) is 3.62. The predicted octanol–water partition coefficient (Wildman–Crippen LogP) is 0.523. The van der Waals surface area contributed by atoms with Gasteiger partial charge in [-0.05, 0) is 30.0 Å². The van der Waals surface area contributed by atoms with Gasteiger partial charge in [0.15, 0.2) is 0 Å². The third kappa shape index (κ3) is 2.92. The summed E-state index contributed by atoms with van der Waals surface area (Å²) in [4.78, 5) is 36.4. The number of nitrogens with zero attached hydrogens (tertiary/aromatic N) is 1. The van der Waals surface area contributed by atoms with Crippen molar-refractivity contribution in [1.82, 2.24) is 15.5 Å². The van der Waals surface area contributed by atoms with E-state index < -0.39 is 18.0 Å². The highest BCUT2D eigenvalue weighted by atomic mass is 16.4. The molecule has 3 atom stereocenters. The highest BCUT2D eigenvalue weighted by molar-refractivity contribution is 6.06. The van der Waals surface area contributed by atoms with Gasteiger partial charge in [0.1, 0.15) is 5.70 Å². The molecular weight excluding hydrogens is 338 g/mol. The first kappa shape index (κ1) is 17.9. The first-order chi connectivity index (χ1) is 12.3. The van der Waals surface area contributed by atoms with Crippen LogP contribution in [0.3, 0.4) is 0 Å². The lowest BCUT2D eigenvalue weighted by Gasteiger charge is -2.44. The number of urea groups is 1. The summed E-state index contributed by atoms with van der Waals surface area (Å²) in [6.07, 6.45) is -0.407. The topological polar surface area (TPSA) is 119 Å². The number of carbonyl (C=O) groups is 3. The van der Waals surface area contributed by atoms with Crippen molar-refractivity contribution >= 4 is 23.5 Å². The van der Waals surface area contributed by atoms with E-state index in [9.17, 15) is 24.6 Å². The molecule has 1 aromatic carbocycles. The molecule has 2 aliphatic rings. The van der Waals surface area contributed by atoms with Crippen LogP contribution in [0.5, 0.6) is 0 Å². The minimum Gasteiger partial charge on any atom is -0.477 e. The smallest absolute Gasteiger partial charge is 0.352 e. The number of nitrogens with one attached hydrogen (secondary N) is 2. The van der Waals surface area contributed by atoms with Crippen LogP contribution >= 0.6 is 0 Å². The number of hydrogen-bond donors (Lipinski definition) is 4. The van der Waals surface area contributed by atoms with Gasteiger partial charge in [-0.2, -0.15) is 0 Å². The molecule has 138 valence electrons. The lowest BCUT2D eigenvalue weighted by atomic mass is 9.82. The Hall–Kier alpha value is -2.87. The minimum atomic E-state index is -1.15. The van der Waals surface area contributed by atoms with Gasteiger partial charge in [0.25, 0.3) is 0 Å². The Morgan fingerprint density at radius 2 is 1.96 bits per heavy atom. The molecule has 1 fully saturated rings. The largest absolute Gasteiger partial charge is 0.477 e. The first-order valence-electron chi connectivity index (χ1n) is 8.37. The summed E-state index contributed by atoms with van der Waals surface area (Å²) >= 11 is 0. The standard InChI is InChI=1S/C18H21N3O5/c1-9(22)14-13-7-12(15(17(24)25)21(13)16(14)23)11-5-3-10(4-6-11)8-20-18(26)19-2/h3-6,9,13-14,22H,7-8H2,1-2H3,(H,24,25)(H2,19,20,26)/t9-,13?,14?/m1/s1. The van der Waals surface area contributed by atoms with Crippen molar-refractivity contribution in [1.29, 1.82) is 0 Å². The van der Waals surface area contributed by atoms with E-state index in [-0.39, 0.29) is 23.7 Å². The predicted molar refractivity (Wildman–Crippen MR) is 92.7 cm³/mol. The summed E-state index contributed by atoms with van der Waals surface area (Å²) in [5.74, 6) is -2.05. The van der Waals surface area contributed by atoms with Crippen LogP contribution in [0.4, 0.5) is 4.79 Å². The van der Waals surface area contributed by atoms with Crippen LogP contribution in [0.15, 0.2) is 30.0 Å². The lowest BCUT2D eigenvalue weighted by Crippen LogP contribution is -2.61. The summed E-state index contributed by atoms with van der Waals surface area (Å²) in [6, 6.07) is 6.59. The number of rotatable bonds is 5. The van der Waals surface area contributed by atoms with Gasteiger partial charge >= 0.3 is 12.0 Å². The van der Waals surface area contributed by atoms with Crippen LogP contribution < -0.4 is 10.6 Å². The van der Waals surface area contributed by atoms with E-state index in [4.69, 9.17) is 0 Å². The van der Waals surface area contributed by atoms with Gasteiger partial charge < -0.3 is 25.7 Å². The molecule has 0 radical (unpaired) electrons. The van der Waals surface area contributed by atoms with Crippen LogP contribution in [0.25, 0.3) is 5.57 Å². The number of aliphatic hydroxyl groups excluding tert-OH is 1. The molecule has 8 nitrogen and oxygen atoms in total. The maximum absolute atomic E-state index is 12.2. The van der Waals surface area contributed by atoms with Crippen molar-refractivity contribution in [3.63, 3.8) is 0 Å². The molecule has 1 saturated heterocycles. The van der Waals surface area contributed by atoms with Gasteiger partial charge in [0, 0.05) is 13.6 Å². The van der Waals surface area contributed by atoms with Crippen molar-refractivity contribution in [2.24, 2.45) is 5.92 Å². The molecular formula is C18H21N3O5. The second-order valence-electron chi connectivity index (χ2n) is 6.51. The van der Waals surface area contributed by atoms with Crippen LogP contribution in [-0.4, -0.2) is 52.2 Å². The Balaban J connectivity index is 1.83. The van der Waals surface area contributed by atoms with Crippen LogP contribution in [0.1, 0.15) is 24.5 Å². The van der Waals surface area contributed by atoms with Crippen molar-refractivity contribution < 1.29 is 24.6 Å². The summed E-state index contributed by atoms with van der Waals surface area (Å²) in [7, 11) is 1.53. The zero-order chi connectivity index (χ0) is 19.0. The van der Waals surface area contributed by atoms with E-state index in [1.165, 1.54) is 11.9 Å². The highest BCUT2D eigenvalue weighted by Gasteiger charge is 2.56. The average molecular weight is 359 g/mol. The number of β-lactam (4-membered cyclic amide) rings is 1. The van der Waals surface area contributed by atoms with Gasteiger partial charge in [-0.3, -0.25) is 4.79 Å². The highest BCUT2D eigenvalue weighted by Crippen LogP contribution is 2.46. The van der Waals surface area contributed by atoms with Gasteiger partial charge in [0.05, 0.1) is 18.1 Å². The molecule has 1 aromatic rings. The van der Waals surface area contributed by atoms with Crippen LogP contribution in [-0.2, 0) is 16.1 Å². The summed E-state index contributed by atoms with van der Waals surface area (Å²) < 4.78 is 0. The molecule has 0 saturated carbocycles. The van der Waals surface area contributed by atoms with E-state index in [1.54, 1.807) is 31.2 Å². The Bertz CT molecular complexity index is 785. The number of benzene rings is 1. The molecule has 8 heteroatoms. The maximum atomic E-state index is 12.2. The third-order valence-electron chi connectivity index (χ3n) is 4.91. The fourth-order valence-electron chi connectivity index (χ4n) is 3.62. The third-order valence-corrected chi connectivity index (χ3v) is 4.91. The van der Waals surface area contributed by atoms with Crippen LogP contribution in [0.2, 0.25) is 0 Å². The van der Waals surface area contributed by atoms with E-state index in [0.717, 1.165) is 11.1 Å². The second-order valence-corrected chi connectivity index (χ2v) is 6.51. The summed E-state index contributed by atoms with van der Waals surface area (Å²) in [6.45, 7) is 1.90. The fraction of sp³-hybridized carbons (Fsp3) is 0.389. The number of hydrogen-bond acceptors (Lipinski definition) is 4.